The first-order chi connectivity index (χ1) is 9.65. The van der Waals surface area contributed by atoms with Crippen LogP contribution in [0.4, 0.5) is 0 Å². The molecule has 0 bridgehead atoms. The van der Waals surface area contributed by atoms with Crippen LogP contribution in [0.3, 0.4) is 0 Å². The Hall–Kier alpha value is -1.39. The molecule has 1 rings (SSSR count). The fraction of sp³-hybridized carbons (Fsp3) is 0.562. The number of carbonyl (C=O) groups is 1. The van der Waals surface area contributed by atoms with Gasteiger partial charge in [-0.25, -0.2) is 0 Å². The van der Waals surface area contributed by atoms with Gasteiger partial charge in [-0.3, -0.25) is 4.79 Å². The lowest BCUT2D eigenvalue weighted by Gasteiger charge is -2.18. The molecule has 2 atom stereocenters. The van der Waals surface area contributed by atoms with Crippen LogP contribution in [-0.4, -0.2) is 38.8 Å². The standard InChI is InChI=1S/C16H26N2O2/c1-13(15-8-5-4-6-9-15)12-18-14(2)16(19)17-10-7-11-20-3/h4-6,8-9,13-14,18H,7,10-12H2,1-3H3,(H,17,19). The van der Waals surface area contributed by atoms with Crippen LogP contribution >= 0.6 is 0 Å². The average Bonchev–Trinajstić information content (AvgIpc) is 2.49. The molecule has 0 saturated heterocycles. The first-order valence-corrected chi connectivity index (χ1v) is 7.20. The molecule has 4 nitrogen and oxygen atoms in total. The van der Waals surface area contributed by atoms with E-state index in [1.807, 2.05) is 25.1 Å². The Balaban J connectivity index is 2.25. The Bertz CT molecular complexity index is 381. The average molecular weight is 278 g/mol. The Kier molecular flexibility index (Phi) is 7.92. The molecule has 2 unspecified atom stereocenters. The van der Waals surface area contributed by atoms with Crippen molar-refractivity contribution in [3.05, 3.63) is 35.9 Å². The summed E-state index contributed by atoms with van der Waals surface area (Å²) in [4.78, 5) is 11.8. The highest BCUT2D eigenvalue weighted by Crippen LogP contribution is 2.13. The molecule has 4 heteroatoms. The van der Waals surface area contributed by atoms with E-state index in [1.165, 1.54) is 5.56 Å². The van der Waals surface area contributed by atoms with Crippen LogP contribution in [-0.2, 0) is 9.53 Å². The Labute approximate surface area is 121 Å². The van der Waals surface area contributed by atoms with E-state index < -0.39 is 0 Å². The number of hydrogen-bond acceptors (Lipinski definition) is 3. The lowest BCUT2D eigenvalue weighted by Crippen LogP contribution is -2.43. The van der Waals surface area contributed by atoms with Crippen LogP contribution in [0.2, 0.25) is 0 Å². The molecule has 0 saturated carbocycles. The number of methoxy groups -OCH3 is 1. The van der Waals surface area contributed by atoms with Gasteiger partial charge in [-0.05, 0) is 24.8 Å². The van der Waals surface area contributed by atoms with Crippen LogP contribution in [0, 0.1) is 0 Å². The third-order valence-corrected chi connectivity index (χ3v) is 3.32. The topological polar surface area (TPSA) is 50.4 Å². The Morgan fingerprint density at radius 2 is 1.95 bits per heavy atom. The van der Waals surface area contributed by atoms with Crippen molar-refractivity contribution in [2.45, 2.75) is 32.2 Å². The van der Waals surface area contributed by atoms with Crippen molar-refractivity contribution in [2.24, 2.45) is 0 Å². The maximum atomic E-state index is 11.8. The second kappa shape index (κ2) is 9.50. The van der Waals surface area contributed by atoms with Crippen LogP contribution < -0.4 is 10.6 Å². The quantitative estimate of drug-likeness (QED) is 0.679. The fourth-order valence-electron chi connectivity index (χ4n) is 1.93. The van der Waals surface area contributed by atoms with E-state index in [0.29, 0.717) is 19.1 Å². The highest BCUT2D eigenvalue weighted by molar-refractivity contribution is 5.81. The molecule has 112 valence electrons. The van der Waals surface area contributed by atoms with Crippen LogP contribution in [0.1, 0.15) is 31.7 Å². The van der Waals surface area contributed by atoms with Gasteiger partial charge < -0.3 is 15.4 Å². The second-order valence-electron chi connectivity index (χ2n) is 5.08. The molecule has 0 aliphatic carbocycles. The zero-order valence-corrected chi connectivity index (χ0v) is 12.7. The molecule has 0 heterocycles. The minimum atomic E-state index is -0.177. The van der Waals surface area contributed by atoms with E-state index in [0.717, 1.165) is 13.0 Å². The lowest BCUT2D eigenvalue weighted by molar-refractivity contribution is -0.122. The van der Waals surface area contributed by atoms with Crippen molar-refractivity contribution < 1.29 is 9.53 Å². The van der Waals surface area contributed by atoms with Crippen LogP contribution in [0.5, 0.6) is 0 Å². The summed E-state index contributed by atoms with van der Waals surface area (Å²) in [7, 11) is 1.66. The van der Waals surface area contributed by atoms with Crippen molar-refractivity contribution >= 4 is 5.91 Å². The predicted molar refractivity (Wildman–Crippen MR) is 81.8 cm³/mol. The summed E-state index contributed by atoms with van der Waals surface area (Å²) in [6.07, 6.45) is 0.843. The summed E-state index contributed by atoms with van der Waals surface area (Å²) >= 11 is 0. The monoisotopic (exact) mass is 278 g/mol. The van der Waals surface area contributed by atoms with Crippen molar-refractivity contribution in [3.8, 4) is 0 Å². The highest BCUT2D eigenvalue weighted by atomic mass is 16.5. The highest BCUT2D eigenvalue weighted by Gasteiger charge is 2.13. The number of rotatable bonds is 9. The molecule has 20 heavy (non-hydrogen) atoms. The largest absolute Gasteiger partial charge is 0.385 e. The minimum absolute atomic E-state index is 0.0429. The van der Waals surface area contributed by atoms with E-state index in [-0.39, 0.29) is 11.9 Å². The van der Waals surface area contributed by atoms with Crippen molar-refractivity contribution in [2.75, 3.05) is 26.8 Å². The predicted octanol–water partition coefficient (Wildman–Crippen LogP) is 1.92. The molecule has 0 aliphatic rings. The smallest absolute Gasteiger partial charge is 0.236 e. The van der Waals surface area contributed by atoms with E-state index in [1.54, 1.807) is 7.11 Å². The number of hydrogen-bond donors (Lipinski definition) is 2. The third-order valence-electron chi connectivity index (χ3n) is 3.32. The van der Waals surface area contributed by atoms with E-state index in [4.69, 9.17) is 4.74 Å². The molecule has 1 aromatic rings. The van der Waals surface area contributed by atoms with Crippen LogP contribution in [0.15, 0.2) is 30.3 Å². The molecular formula is C16H26N2O2. The number of benzene rings is 1. The molecule has 0 fully saturated rings. The number of carbonyl (C=O) groups excluding carboxylic acids is 1. The van der Waals surface area contributed by atoms with Gasteiger partial charge in [0.2, 0.25) is 5.91 Å². The summed E-state index contributed by atoms with van der Waals surface area (Å²) < 4.78 is 4.95. The second-order valence-corrected chi connectivity index (χ2v) is 5.08. The van der Waals surface area contributed by atoms with Crippen LogP contribution in [0.25, 0.3) is 0 Å². The van der Waals surface area contributed by atoms with Crippen molar-refractivity contribution in [3.63, 3.8) is 0 Å². The molecule has 0 radical (unpaired) electrons. The van der Waals surface area contributed by atoms with E-state index >= 15 is 0 Å². The first kappa shape index (κ1) is 16.7. The summed E-state index contributed by atoms with van der Waals surface area (Å²) in [5.41, 5.74) is 1.28. The zero-order chi connectivity index (χ0) is 14.8. The van der Waals surface area contributed by atoms with E-state index in [2.05, 4.69) is 29.7 Å². The first-order valence-electron chi connectivity index (χ1n) is 7.20. The van der Waals surface area contributed by atoms with Gasteiger partial charge in [0.05, 0.1) is 6.04 Å². The molecule has 0 spiro atoms. The molecule has 1 amide bonds. The minimum Gasteiger partial charge on any atom is -0.385 e. The molecule has 0 aliphatic heterocycles. The summed E-state index contributed by atoms with van der Waals surface area (Å²) in [5, 5.41) is 6.18. The normalized spacial score (nSPS) is 13.8. The fourth-order valence-corrected chi connectivity index (χ4v) is 1.93. The van der Waals surface area contributed by atoms with Gasteiger partial charge >= 0.3 is 0 Å². The van der Waals surface area contributed by atoms with Gasteiger partial charge in [0.1, 0.15) is 0 Å². The van der Waals surface area contributed by atoms with Gasteiger partial charge in [0.25, 0.3) is 0 Å². The maximum absolute atomic E-state index is 11.8. The summed E-state index contributed by atoms with van der Waals surface area (Å²) in [6.45, 7) is 6.17. The van der Waals surface area contributed by atoms with Crippen molar-refractivity contribution in [1.82, 2.24) is 10.6 Å². The third kappa shape index (κ3) is 6.17. The lowest BCUT2D eigenvalue weighted by atomic mass is 10.0. The van der Waals surface area contributed by atoms with Gasteiger partial charge in [0.15, 0.2) is 0 Å². The summed E-state index contributed by atoms with van der Waals surface area (Å²) in [5.74, 6) is 0.432. The molecule has 1 aromatic carbocycles. The van der Waals surface area contributed by atoms with E-state index in [9.17, 15) is 4.79 Å². The number of nitrogens with one attached hydrogen (secondary N) is 2. The maximum Gasteiger partial charge on any atom is 0.236 e. The number of amides is 1. The Morgan fingerprint density at radius 1 is 1.25 bits per heavy atom. The molecular weight excluding hydrogens is 252 g/mol. The van der Waals surface area contributed by atoms with Gasteiger partial charge in [-0.2, -0.15) is 0 Å². The van der Waals surface area contributed by atoms with Crippen molar-refractivity contribution in [1.29, 1.82) is 0 Å². The van der Waals surface area contributed by atoms with Gasteiger partial charge in [-0.15, -0.1) is 0 Å². The zero-order valence-electron chi connectivity index (χ0n) is 12.7. The molecule has 2 N–H and O–H groups in total. The van der Waals surface area contributed by atoms with Gasteiger partial charge in [0, 0.05) is 26.8 Å². The van der Waals surface area contributed by atoms with Gasteiger partial charge in [-0.1, -0.05) is 37.3 Å². The Morgan fingerprint density at radius 3 is 2.60 bits per heavy atom. The summed E-state index contributed by atoms with van der Waals surface area (Å²) in [6, 6.07) is 10.1. The number of ether oxygens (including phenoxy) is 1. The molecule has 0 aromatic heterocycles. The SMILES string of the molecule is COCCCNC(=O)C(C)NCC(C)c1ccccc1.